The number of amides is 1. The first-order valence-corrected chi connectivity index (χ1v) is 8.66. The lowest BCUT2D eigenvalue weighted by Crippen LogP contribution is -2.32. The van der Waals surface area contributed by atoms with Gasteiger partial charge in [-0.25, -0.2) is 10.3 Å². The molecule has 0 radical (unpaired) electrons. The van der Waals surface area contributed by atoms with E-state index >= 15 is 0 Å². The molecule has 0 bridgehead atoms. The van der Waals surface area contributed by atoms with Crippen molar-refractivity contribution in [2.45, 2.75) is 25.6 Å². The van der Waals surface area contributed by atoms with Crippen molar-refractivity contribution >= 4 is 40.6 Å². The molecule has 1 aliphatic heterocycles. The zero-order chi connectivity index (χ0) is 16.2. The largest absolute Gasteiger partial charge is 0.350 e. The van der Waals surface area contributed by atoms with E-state index in [4.69, 9.17) is 32.8 Å². The fourth-order valence-corrected chi connectivity index (χ4v) is 3.09. The molecular formula is C15H14Cl2N2O3S. The summed E-state index contributed by atoms with van der Waals surface area (Å²) < 4.78 is 9.65. The third kappa shape index (κ3) is 4.22. The van der Waals surface area contributed by atoms with Crippen LogP contribution in [0.25, 0.3) is 11.3 Å². The summed E-state index contributed by atoms with van der Waals surface area (Å²) in [4.78, 5) is 17.8. The average Bonchev–Trinajstić information content (AvgIpc) is 3.06. The quantitative estimate of drug-likeness (QED) is 0.812. The molecule has 1 saturated heterocycles. The van der Waals surface area contributed by atoms with E-state index in [1.165, 1.54) is 0 Å². The fraction of sp³-hybridized carbons (Fsp3) is 0.333. The minimum Gasteiger partial charge on any atom is -0.350 e. The Balaban J connectivity index is 1.63. The summed E-state index contributed by atoms with van der Waals surface area (Å²) in [5.74, 6) is -0.344. The first kappa shape index (κ1) is 16.7. The van der Waals surface area contributed by atoms with Crippen molar-refractivity contribution in [3.05, 3.63) is 39.2 Å². The van der Waals surface area contributed by atoms with Gasteiger partial charge in [0.1, 0.15) is 4.88 Å². The average molecular weight is 373 g/mol. The Morgan fingerprint density at radius 3 is 2.91 bits per heavy atom. The van der Waals surface area contributed by atoms with Crippen LogP contribution in [0.15, 0.2) is 24.3 Å². The molecule has 8 heteroatoms. The van der Waals surface area contributed by atoms with E-state index in [1.807, 2.05) is 0 Å². The van der Waals surface area contributed by atoms with Crippen molar-refractivity contribution in [1.29, 1.82) is 0 Å². The number of hydroxylamine groups is 1. The zero-order valence-corrected chi connectivity index (χ0v) is 14.4. The molecule has 1 aromatic heterocycles. The van der Waals surface area contributed by atoms with Gasteiger partial charge in [-0.05, 0) is 42.6 Å². The molecule has 1 amide bonds. The first-order valence-electron chi connectivity index (χ1n) is 7.13. The molecule has 1 atom stereocenters. The molecule has 0 spiro atoms. The fourth-order valence-electron chi connectivity index (χ4n) is 2.15. The molecule has 0 unspecified atom stereocenters. The van der Waals surface area contributed by atoms with Crippen molar-refractivity contribution in [3.63, 3.8) is 0 Å². The van der Waals surface area contributed by atoms with Crippen LogP contribution >= 0.6 is 34.7 Å². The third-order valence-corrected chi connectivity index (χ3v) is 4.90. The van der Waals surface area contributed by atoms with E-state index in [1.54, 1.807) is 24.3 Å². The van der Waals surface area contributed by atoms with E-state index in [9.17, 15) is 4.79 Å². The highest BCUT2D eigenvalue weighted by molar-refractivity contribution is 7.08. The Hall–Kier alpha value is -1.18. The number of rotatable bonds is 4. The van der Waals surface area contributed by atoms with E-state index in [0.717, 1.165) is 36.4 Å². The second-order valence-electron chi connectivity index (χ2n) is 5.05. The molecule has 1 N–H and O–H groups in total. The number of ether oxygens (including phenoxy) is 1. The molecule has 0 saturated carbocycles. The van der Waals surface area contributed by atoms with E-state index < -0.39 is 0 Å². The number of nitrogens with one attached hydrogen (secondary N) is 1. The van der Waals surface area contributed by atoms with Gasteiger partial charge in [0.15, 0.2) is 6.29 Å². The molecular weight excluding hydrogens is 359 g/mol. The molecule has 23 heavy (non-hydrogen) atoms. The van der Waals surface area contributed by atoms with Gasteiger partial charge in [0.05, 0.1) is 15.7 Å². The SMILES string of the molecule is O=C(NO[C@H]1CCCCO1)c1cc(-c2ccc(Cl)c(Cl)c2)ns1. The summed E-state index contributed by atoms with van der Waals surface area (Å²) >= 11 is 13.0. The first-order chi connectivity index (χ1) is 11.1. The molecule has 2 heterocycles. The number of aromatic nitrogens is 1. The molecule has 0 aliphatic carbocycles. The zero-order valence-electron chi connectivity index (χ0n) is 12.1. The number of halogens is 2. The van der Waals surface area contributed by atoms with Crippen LogP contribution in [-0.2, 0) is 9.57 Å². The lowest BCUT2D eigenvalue weighted by Gasteiger charge is -2.21. The number of carbonyl (C=O) groups excluding carboxylic acids is 1. The molecule has 1 aliphatic rings. The summed E-state index contributed by atoms with van der Waals surface area (Å²) in [5.41, 5.74) is 3.87. The van der Waals surface area contributed by atoms with Crippen molar-refractivity contribution in [1.82, 2.24) is 9.85 Å². The predicted octanol–water partition coefficient (Wildman–Crippen LogP) is 4.30. The molecule has 1 fully saturated rings. The van der Waals surface area contributed by atoms with Crippen molar-refractivity contribution in [2.24, 2.45) is 0 Å². The standard InChI is InChI=1S/C15H14Cl2N2O3S/c16-10-5-4-9(7-11(10)17)12-8-13(23-19-12)15(20)18-22-14-3-1-2-6-21-14/h4-5,7-8,14H,1-3,6H2,(H,18,20)/t14-/m0/s1. The van der Waals surface area contributed by atoms with Crippen molar-refractivity contribution in [3.8, 4) is 11.3 Å². The Labute approximate surface area is 147 Å². The van der Waals surface area contributed by atoms with Crippen LogP contribution in [-0.4, -0.2) is 23.2 Å². The normalized spacial score (nSPS) is 17.9. The maximum absolute atomic E-state index is 12.1. The third-order valence-electron chi connectivity index (χ3n) is 3.37. The van der Waals surface area contributed by atoms with Crippen LogP contribution < -0.4 is 5.48 Å². The van der Waals surface area contributed by atoms with E-state index in [-0.39, 0.29) is 12.2 Å². The minimum atomic E-state index is -0.379. The smallest absolute Gasteiger partial charge is 0.286 e. The number of nitrogens with zero attached hydrogens (tertiary/aromatic N) is 1. The molecule has 3 rings (SSSR count). The van der Waals surface area contributed by atoms with E-state index in [2.05, 4.69) is 9.85 Å². The maximum atomic E-state index is 12.1. The Morgan fingerprint density at radius 1 is 1.30 bits per heavy atom. The maximum Gasteiger partial charge on any atom is 0.286 e. The summed E-state index contributed by atoms with van der Waals surface area (Å²) in [5, 5.41) is 0.922. The summed E-state index contributed by atoms with van der Waals surface area (Å²) in [6, 6.07) is 6.90. The monoisotopic (exact) mass is 372 g/mol. The van der Waals surface area contributed by atoms with Crippen LogP contribution in [0.4, 0.5) is 0 Å². The van der Waals surface area contributed by atoms with Crippen LogP contribution in [0, 0.1) is 0 Å². The van der Waals surface area contributed by atoms with Crippen LogP contribution in [0.5, 0.6) is 0 Å². The van der Waals surface area contributed by atoms with Gasteiger partial charge in [0.2, 0.25) is 0 Å². The molecule has 122 valence electrons. The van der Waals surface area contributed by atoms with Crippen LogP contribution in [0.3, 0.4) is 0 Å². The second kappa shape index (κ2) is 7.59. The predicted molar refractivity (Wildman–Crippen MR) is 89.7 cm³/mol. The molecule has 1 aromatic carbocycles. The van der Waals surface area contributed by atoms with Crippen molar-refractivity contribution < 1.29 is 14.4 Å². The number of hydrogen-bond acceptors (Lipinski definition) is 5. The Morgan fingerprint density at radius 2 is 2.17 bits per heavy atom. The highest BCUT2D eigenvalue weighted by Gasteiger charge is 2.18. The highest BCUT2D eigenvalue weighted by atomic mass is 35.5. The van der Waals surface area contributed by atoms with Gasteiger partial charge in [0.25, 0.3) is 5.91 Å². The number of benzene rings is 1. The molecule has 5 nitrogen and oxygen atoms in total. The minimum absolute atomic E-state index is 0.344. The Kier molecular flexibility index (Phi) is 5.50. The summed E-state index contributed by atoms with van der Waals surface area (Å²) in [6.45, 7) is 0.655. The van der Waals surface area contributed by atoms with Gasteiger partial charge < -0.3 is 4.74 Å². The van der Waals surface area contributed by atoms with Gasteiger partial charge in [-0.15, -0.1) is 0 Å². The van der Waals surface area contributed by atoms with Crippen LogP contribution in [0.2, 0.25) is 10.0 Å². The summed E-state index contributed by atoms with van der Waals surface area (Å²) in [7, 11) is 0. The second-order valence-corrected chi connectivity index (χ2v) is 6.67. The van der Waals surface area contributed by atoms with Gasteiger partial charge in [-0.1, -0.05) is 29.3 Å². The van der Waals surface area contributed by atoms with Gasteiger partial charge in [-0.2, -0.15) is 4.37 Å². The molecule has 2 aromatic rings. The lowest BCUT2D eigenvalue weighted by molar-refractivity contribution is -0.186. The van der Waals surface area contributed by atoms with Gasteiger partial charge >= 0.3 is 0 Å². The van der Waals surface area contributed by atoms with E-state index in [0.29, 0.717) is 27.2 Å². The lowest BCUT2D eigenvalue weighted by atomic mass is 10.1. The summed E-state index contributed by atoms with van der Waals surface area (Å²) in [6.07, 6.45) is 2.45. The van der Waals surface area contributed by atoms with Gasteiger partial charge in [-0.3, -0.25) is 4.79 Å². The van der Waals surface area contributed by atoms with Gasteiger partial charge in [0, 0.05) is 18.6 Å². The number of carbonyl (C=O) groups is 1. The Bertz CT molecular complexity index is 702. The number of hydrogen-bond donors (Lipinski definition) is 1. The highest BCUT2D eigenvalue weighted by Crippen LogP contribution is 2.29. The topological polar surface area (TPSA) is 60.5 Å². The van der Waals surface area contributed by atoms with Crippen LogP contribution in [0.1, 0.15) is 28.9 Å². The van der Waals surface area contributed by atoms with Crippen molar-refractivity contribution in [2.75, 3.05) is 6.61 Å².